The number of benzene rings is 2. The van der Waals surface area contributed by atoms with E-state index in [-0.39, 0.29) is 0 Å². The van der Waals surface area contributed by atoms with E-state index in [1.165, 1.54) is 11.4 Å². The summed E-state index contributed by atoms with van der Waals surface area (Å²) in [6.45, 7) is 0. The molecular weight excluding hydrogens is 310 g/mol. The van der Waals surface area contributed by atoms with Gasteiger partial charge < -0.3 is 5.11 Å². The zero-order valence-corrected chi connectivity index (χ0v) is 12.9. The van der Waals surface area contributed by atoms with E-state index in [4.69, 9.17) is 11.6 Å². The van der Waals surface area contributed by atoms with Crippen LogP contribution in [0.4, 0.5) is 5.69 Å². The molecule has 0 radical (unpaired) electrons. The lowest BCUT2D eigenvalue weighted by molar-refractivity contribution is 0.104. The van der Waals surface area contributed by atoms with Gasteiger partial charge in [-0.3, -0.25) is 4.31 Å². The van der Waals surface area contributed by atoms with Crippen LogP contribution in [0.25, 0.3) is 0 Å². The average molecular weight is 324 g/mol. The first-order valence-electron chi connectivity index (χ1n) is 6.39. The Morgan fingerprint density at radius 2 is 1.86 bits per heavy atom. The van der Waals surface area contributed by atoms with E-state index in [9.17, 15) is 13.5 Å². The maximum absolute atomic E-state index is 12.4. The summed E-state index contributed by atoms with van der Waals surface area (Å²) >= 11 is 6.03. The number of hydrogen-bond donors (Lipinski definition) is 1. The molecule has 1 atom stereocenters. The minimum absolute atomic E-state index is 0.409. The van der Waals surface area contributed by atoms with Crippen molar-refractivity contribution in [1.29, 1.82) is 0 Å². The van der Waals surface area contributed by atoms with Crippen molar-refractivity contribution in [3.63, 3.8) is 0 Å². The molecule has 0 saturated heterocycles. The lowest BCUT2D eigenvalue weighted by Crippen LogP contribution is -2.47. The summed E-state index contributed by atoms with van der Waals surface area (Å²) in [7, 11) is -2.12. The lowest BCUT2D eigenvalue weighted by atomic mass is 9.86. The van der Waals surface area contributed by atoms with Crippen LogP contribution in [-0.2, 0) is 15.6 Å². The molecule has 4 nitrogen and oxygen atoms in total. The fraction of sp³-hybridized carbons (Fsp3) is 0.200. The van der Waals surface area contributed by atoms with Crippen LogP contribution >= 0.6 is 11.6 Å². The van der Waals surface area contributed by atoms with Crippen LogP contribution in [0.5, 0.6) is 0 Å². The molecule has 1 N–H and O–H groups in total. The molecule has 2 aromatic rings. The third kappa shape index (κ3) is 2.21. The first-order chi connectivity index (χ1) is 9.84. The zero-order chi connectivity index (χ0) is 15.3. The number of anilines is 1. The predicted octanol–water partition coefficient (Wildman–Crippen LogP) is 2.36. The predicted molar refractivity (Wildman–Crippen MR) is 83.1 cm³/mol. The third-order valence-electron chi connectivity index (χ3n) is 3.80. The van der Waals surface area contributed by atoms with Gasteiger partial charge in [-0.05, 0) is 23.8 Å². The van der Waals surface area contributed by atoms with Crippen LogP contribution in [0.15, 0.2) is 48.5 Å². The molecule has 0 aliphatic carbocycles. The normalized spacial score (nSPS) is 23.7. The monoisotopic (exact) mass is 323 g/mol. The van der Waals surface area contributed by atoms with Crippen LogP contribution in [0.2, 0.25) is 5.02 Å². The minimum Gasteiger partial charge on any atom is -0.379 e. The van der Waals surface area contributed by atoms with E-state index in [1.54, 1.807) is 42.5 Å². The zero-order valence-electron chi connectivity index (χ0n) is 11.3. The standard InChI is InChI=1S/C15H14ClNO3S/c1-17-14-8-7-12(16)9-13(14)15(18,10-21(17,19)20)11-5-3-2-4-6-11/h2-9,18H,10H2,1H3. The fourth-order valence-electron chi connectivity index (χ4n) is 2.66. The highest BCUT2D eigenvalue weighted by Crippen LogP contribution is 2.43. The number of fused-ring (bicyclic) bond motifs is 1. The van der Waals surface area contributed by atoms with Gasteiger partial charge in [0.05, 0.1) is 5.69 Å². The Labute approximate surface area is 128 Å². The van der Waals surface area contributed by atoms with Crippen molar-refractivity contribution >= 4 is 27.3 Å². The van der Waals surface area contributed by atoms with Gasteiger partial charge in [0.15, 0.2) is 0 Å². The van der Waals surface area contributed by atoms with E-state index in [1.807, 2.05) is 6.07 Å². The number of sulfonamides is 1. The molecule has 0 amide bonds. The van der Waals surface area contributed by atoms with Gasteiger partial charge in [0, 0.05) is 17.6 Å². The second-order valence-corrected chi connectivity index (χ2v) is 7.55. The molecule has 110 valence electrons. The topological polar surface area (TPSA) is 57.6 Å². The number of rotatable bonds is 1. The minimum atomic E-state index is -3.60. The van der Waals surface area contributed by atoms with Gasteiger partial charge in [-0.2, -0.15) is 0 Å². The first-order valence-corrected chi connectivity index (χ1v) is 8.38. The number of nitrogens with zero attached hydrogens (tertiary/aromatic N) is 1. The SMILES string of the molecule is CN1c2ccc(Cl)cc2C(O)(c2ccccc2)CS1(=O)=O. The van der Waals surface area contributed by atoms with Crippen molar-refractivity contribution in [2.24, 2.45) is 0 Å². The van der Waals surface area contributed by atoms with Gasteiger partial charge in [0.1, 0.15) is 11.4 Å². The van der Waals surface area contributed by atoms with Gasteiger partial charge in [-0.1, -0.05) is 41.9 Å². The molecule has 0 fully saturated rings. The highest BCUT2D eigenvalue weighted by atomic mass is 35.5. The highest BCUT2D eigenvalue weighted by molar-refractivity contribution is 7.92. The molecule has 1 unspecified atom stereocenters. The third-order valence-corrected chi connectivity index (χ3v) is 5.85. The summed E-state index contributed by atoms with van der Waals surface area (Å²) in [5.41, 5.74) is -0.131. The van der Waals surface area contributed by atoms with Crippen molar-refractivity contribution in [2.75, 3.05) is 17.1 Å². The average Bonchev–Trinajstić information content (AvgIpc) is 2.46. The van der Waals surface area contributed by atoms with Crippen molar-refractivity contribution in [1.82, 2.24) is 0 Å². The van der Waals surface area contributed by atoms with Crippen LogP contribution in [-0.4, -0.2) is 26.3 Å². The van der Waals surface area contributed by atoms with Crippen LogP contribution in [0, 0.1) is 0 Å². The Hall–Kier alpha value is -1.56. The summed E-state index contributed by atoms with van der Waals surface area (Å²) < 4.78 is 25.9. The Kier molecular flexibility index (Phi) is 3.24. The summed E-state index contributed by atoms with van der Waals surface area (Å²) in [4.78, 5) is 0. The van der Waals surface area contributed by atoms with Crippen molar-refractivity contribution in [3.05, 3.63) is 64.7 Å². The van der Waals surface area contributed by atoms with Crippen LogP contribution in [0.1, 0.15) is 11.1 Å². The smallest absolute Gasteiger partial charge is 0.238 e. The van der Waals surface area contributed by atoms with Gasteiger partial charge in [-0.15, -0.1) is 0 Å². The van der Waals surface area contributed by atoms with Gasteiger partial charge in [-0.25, -0.2) is 8.42 Å². The highest BCUT2D eigenvalue weighted by Gasteiger charge is 2.45. The van der Waals surface area contributed by atoms with E-state index >= 15 is 0 Å². The largest absolute Gasteiger partial charge is 0.379 e. The van der Waals surface area contributed by atoms with Crippen molar-refractivity contribution in [2.45, 2.75) is 5.60 Å². The molecular formula is C15H14ClNO3S. The second-order valence-electron chi connectivity index (χ2n) is 5.11. The van der Waals surface area contributed by atoms with E-state index in [0.29, 0.717) is 21.8 Å². The molecule has 1 heterocycles. The van der Waals surface area contributed by atoms with Gasteiger partial charge >= 0.3 is 0 Å². The molecule has 0 aromatic heterocycles. The molecule has 6 heteroatoms. The van der Waals surface area contributed by atoms with Crippen molar-refractivity contribution < 1.29 is 13.5 Å². The molecule has 0 spiro atoms. The number of hydrogen-bond acceptors (Lipinski definition) is 3. The van der Waals surface area contributed by atoms with E-state index in [0.717, 1.165) is 0 Å². The summed E-state index contributed by atoms with van der Waals surface area (Å²) in [5, 5.41) is 11.6. The number of halogens is 1. The summed E-state index contributed by atoms with van der Waals surface area (Å²) in [6, 6.07) is 13.6. The Balaban J connectivity index is 2.32. The molecule has 2 aromatic carbocycles. The maximum atomic E-state index is 12.4. The Bertz CT molecular complexity index is 792. The fourth-order valence-corrected chi connectivity index (χ4v) is 4.33. The molecule has 3 rings (SSSR count). The number of aliphatic hydroxyl groups is 1. The van der Waals surface area contributed by atoms with Gasteiger partial charge in [0.25, 0.3) is 0 Å². The molecule has 21 heavy (non-hydrogen) atoms. The Morgan fingerprint density at radius 3 is 2.52 bits per heavy atom. The second kappa shape index (κ2) is 4.73. The lowest BCUT2D eigenvalue weighted by Gasteiger charge is -2.39. The quantitative estimate of drug-likeness (QED) is 0.876. The van der Waals surface area contributed by atoms with E-state index in [2.05, 4.69) is 0 Å². The Morgan fingerprint density at radius 1 is 1.19 bits per heavy atom. The molecule has 1 aliphatic rings. The van der Waals surface area contributed by atoms with Gasteiger partial charge in [0.2, 0.25) is 10.0 Å². The molecule has 0 bridgehead atoms. The summed E-state index contributed by atoms with van der Waals surface area (Å²) in [6.07, 6.45) is 0. The molecule has 0 saturated carbocycles. The van der Waals surface area contributed by atoms with E-state index < -0.39 is 21.4 Å². The van der Waals surface area contributed by atoms with Crippen molar-refractivity contribution in [3.8, 4) is 0 Å². The van der Waals surface area contributed by atoms with Crippen LogP contribution in [0.3, 0.4) is 0 Å². The summed E-state index contributed by atoms with van der Waals surface area (Å²) in [5.74, 6) is -0.409. The maximum Gasteiger partial charge on any atom is 0.238 e. The molecule has 1 aliphatic heterocycles. The first kappa shape index (κ1) is 14.4. The van der Waals surface area contributed by atoms with Crippen LogP contribution < -0.4 is 4.31 Å².